The summed E-state index contributed by atoms with van der Waals surface area (Å²) in [5.74, 6) is -0.921. The molecule has 0 N–H and O–H groups in total. The van der Waals surface area contributed by atoms with Gasteiger partial charge in [-0.15, -0.1) is 0 Å². The van der Waals surface area contributed by atoms with Crippen molar-refractivity contribution in [2.24, 2.45) is 0 Å². The van der Waals surface area contributed by atoms with Gasteiger partial charge in [-0.2, -0.15) is 0 Å². The second-order valence-electron chi connectivity index (χ2n) is 3.63. The number of carbonyl (C=O) groups is 2. The van der Waals surface area contributed by atoms with Gasteiger partial charge in [0.15, 0.2) is 6.29 Å². The number of methoxy groups -OCH3 is 1. The first-order valence-corrected chi connectivity index (χ1v) is 5.71. The Labute approximate surface area is 105 Å². The summed E-state index contributed by atoms with van der Waals surface area (Å²) in [5, 5.41) is 0. The van der Waals surface area contributed by atoms with Crippen LogP contribution >= 0.6 is 0 Å². The third-order valence-corrected chi connectivity index (χ3v) is 2.76. The number of amides is 1. The number of carbonyl (C=O) groups excluding carboxylic acids is 2. The molecular weight excluding hydrogens is 237 g/mol. The van der Waals surface area contributed by atoms with Gasteiger partial charge in [0.05, 0.1) is 18.2 Å². The highest BCUT2D eigenvalue weighted by Crippen LogP contribution is 2.25. The molecular formula is C13H16FNO3. The fraction of sp³-hybridized carbons (Fsp3) is 0.385. The summed E-state index contributed by atoms with van der Waals surface area (Å²) in [5.41, 5.74) is -0.276. The lowest BCUT2D eigenvalue weighted by Gasteiger charge is -2.21. The highest BCUT2D eigenvalue weighted by molar-refractivity contribution is 6.04. The molecule has 0 aliphatic carbocycles. The first-order valence-electron chi connectivity index (χ1n) is 5.71. The molecule has 0 aromatic heterocycles. The van der Waals surface area contributed by atoms with Crippen LogP contribution in [0.3, 0.4) is 0 Å². The number of benzene rings is 1. The number of hydrogen-bond donors (Lipinski definition) is 0. The number of halogens is 1. The molecule has 0 aliphatic rings. The average Bonchev–Trinajstić information content (AvgIpc) is 2.39. The Morgan fingerprint density at radius 3 is 2.44 bits per heavy atom. The van der Waals surface area contributed by atoms with Crippen molar-refractivity contribution in [2.45, 2.75) is 13.8 Å². The lowest BCUT2D eigenvalue weighted by molar-refractivity contribution is 0.0765. The standard InChI is InChI=1S/C13H16FNO3/c1-4-15(5-2)13(17)12-9(8-16)10(14)6-7-11(12)18-3/h6-8H,4-5H2,1-3H3. The van der Waals surface area contributed by atoms with Crippen LogP contribution < -0.4 is 4.74 Å². The van der Waals surface area contributed by atoms with Crippen molar-refractivity contribution < 1.29 is 18.7 Å². The van der Waals surface area contributed by atoms with Crippen molar-refractivity contribution in [2.75, 3.05) is 20.2 Å². The largest absolute Gasteiger partial charge is 0.496 e. The van der Waals surface area contributed by atoms with E-state index in [0.717, 1.165) is 6.07 Å². The van der Waals surface area contributed by atoms with E-state index in [0.29, 0.717) is 19.4 Å². The maximum atomic E-state index is 13.5. The van der Waals surface area contributed by atoms with Crippen LogP contribution in [-0.4, -0.2) is 37.3 Å². The zero-order chi connectivity index (χ0) is 13.7. The van der Waals surface area contributed by atoms with Crippen LogP contribution in [0.15, 0.2) is 12.1 Å². The van der Waals surface area contributed by atoms with Crippen LogP contribution in [0.1, 0.15) is 34.6 Å². The van der Waals surface area contributed by atoms with Gasteiger partial charge < -0.3 is 9.64 Å². The first kappa shape index (κ1) is 14.2. The highest BCUT2D eigenvalue weighted by atomic mass is 19.1. The topological polar surface area (TPSA) is 46.6 Å². The van der Waals surface area contributed by atoms with E-state index < -0.39 is 11.7 Å². The Kier molecular flexibility index (Phi) is 4.83. The van der Waals surface area contributed by atoms with E-state index in [4.69, 9.17) is 4.74 Å². The van der Waals surface area contributed by atoms with Crippen LogP contribution in [0, 0.1) is 5.82 Å². The molecule has 5 heteroatoms. The summed E-state index contributed by atoms with van der Waals surface area (Å²) in [4.78, 5) is 24.7. The van der Waals surface area contributed by atoms with Gasteiger partial charge in [0.25, 0.3) is 5.91 Å². The van der Waals surface area contributed by atoms with E-state index in [1.165, 1.54) is 18.1 Å². The molecule has 1 rings (SSSR count). The zero-order valence-electron chi connectivity index (χ0n) is 10.7. The number of hydrogen-bond acceptors (Lipinski definition) is 3. The average molecular weight is 253 g/mol. The van der Waals surface area contributed by atoms with E-state index in [1.54, 1.807) is 0 Å². The molecule has 0 radical (unpaired) electrons. The second kappa shape index (κ2) is 6.14. The Bertz CT molecular complexity index is 456. The van der Waals surface area contributed by atoms with Crippen LogP contribution in [-0.2, 0) is 0 Å². The van der Waals surface area contributed by atoms with Gasteiger partial charge in [-0.3, -0.25) is 9.59 Å². The first-order chi connectivity index (χ1) is 8.60. The molecule has 0 unspecified atom stereocenters. The maximum absolute atomic E-state index is 13.5. The van der Waals surface area contributed by atoms with Gasteiger partial charge >= 0.3 is 0 Å². The van der Waals surface area contributed by atoms with E-state index in [9.17, 15) is 14.0 Å². The molecule has 1 aromatic carbocycles. The predicted molar refractivity (Wildman–Crippen MR) is 65.6 cm³/mol. The SMILES string of the molecule is CCN(CC)C(=O)c1c(OC)ccc(F)c1C=O. The van der Waals surface area contributed by atoms with Gasteiger partial charge in [-0.05, 0) is 26.0 Å². The number of aldehydes is 1. The van der Waals surface area contributed by atoms with Crippen molar-refractivity contribution in [1.29, 1.82) is 0 Å². The van der Waals surface area contributed by atoms with Crippen molar-refractivity contribution in [3.8, 4) is 5.75 Å². The van der Waals surface area contributed by atoms with E-state index >= 15 is 0 Å². The quantitative estimate of drug-likeness (QED) is 0.755. The number of ether oxygens (including phenoxy) is 1. The molecule has 18 heavy (non-hydrogen) atoms. The molecule has 0 saturated heterocycles. The zero-order valence-corrected chi connectivity index (χ0v) is 10.7. The second-order valence-corrected chi connectivity index (χ2v) is 3.63. The summed E-state index contributed by atoms with van der Waals surface area (Å²) in [6.45, 7) is 4.59. The maximum Gasteiger partial charge on any atom is 0.258 e. The minimum Gasteiger partial charge on any atom is -0.496 e. The summed E-state index contributed by atoms with van der Waals surface area (Å²) in [7, 11) is 1.38. The predicted octanol–water partition coefficient (Wildman–Crippen LogP) is 2.13. The lowest BCUT2D eigenvalue weighted by atomic mass is 10.0. The third kappa shape index (κ3) is 2.50. The molecule has 0 bridgehead atoms. The van der Waals surface area contributed by atoms with Gasteiger partial charge in [0.1, 0.15) is 11.6 Å². The monoisotopic (exact) mass is 253 g/mol. The van der Waals surface area contributed by atoms with Crippen LogP contribution in [0.2, 0.25) is 0 Å². The minimum absolute atomic E-state index is 0.0174. The van der Waals surface area contributed by atoms with E-state index in [-0.39, 0.29) is 16.9 Å². The van der Waals surface area contributed by atoms with Crippen LogP contribution in [0.4, 0.5) is 4.39 Å². The van der Waals surface area contributed by atoms with Gasteiger partial charge in [0, 0.05) is 13.1 Å². The van der Waals surface area contributed by atoms with Crippen molar-refractivity contribution >= 4 is 12.2 Å². The summed E-state index contributed by atoms with van der Waals surface area (Å²) in [6, 6.07) is 2.46. The molecule has 0 heterocycles. The van der Waals surface area contributed by atoms with Crippen molar-refractivity contribution in [3.63, 3.8) is 0 Å². The highest BCUT2D eigenvalue weighted by Gasteiger charge is 2.23. The Balaban J connectivity index is 3.40. The smallest absolute Gasteiger partial charge is 0.258 e. The lowest BCUT2D eigenvalue weighted by Crippen LogP contribution is -2.31. The van der Waals surface area contributed by atoms with Crippen LogP contribution in [0.5, 0.6) is 5.75 Å². The van der Waals surface area contributed by atoms with Crippen molar-refractivity contribution in [3.05, 3.63) is 29.1 Å². The fourth-order valence-electron chi connectivity index (χ4n) is 1.75. The van der Waals surface area contributed by atoms with Crippen LogP contribution in [0.25, 0.3) is 0 Å². The third-order valence-electron chi connectivity index (χ3n) is 2.76. The van der Waals surface area contributed by atoms with Crippen molar-refractivity contribution in [1.82, 2.24) is 4.90 Å². The fourth-order valence-corrected chi connectivity index (χ4v) is 1.75. The molecule has 0 saturated carbocycles. The Morgan fingerprint density at radius 1 is 1.39 bits per heavy atom. The minimum atomic E-state index is -0.721. The number of rotatable bonds is 5. The molecule has 0 aliphatic heterocycles. The molecule has 1 aromatic rings. The Hall–Kier alpha value is -1.91. The normalized spacial score (nSPS) is 10.0. The van der Waals surface area contributed by atoms with Gasteiger partial charge in [-0.1, -0.05) is 0 Å². The van der Waals surface area contributed by atoms with E-state index in [2.05, 4.69) is 0 Å². The number of nitrogens with zero attached hydrogens (tertiary/aromatic N) is 1. The summed E-state index contributed by atoms with van der Waals surface area (Å²) in [6.07, 6.45) is 0.342. The molecule has 98 valence electrons. The molecule has 0 spiro atoms. The summed E-state index contributed by atoms with van der Waals surface area (Å²) < 4.78 is 18.6. The molecule has 0 fully saturated rings. The summed E-state index contributed by atoms with van der Waals surface area (Å²) >= 11 is 0. The molecule has 4 nitrogen and oxygen atoms in total. The van der Waals surface area contributed by atoms with E-state index in [1.807, 2.05) is 13.8 Å². The Morgan fingerprint density at radius 2 is 2.00 bits per heavy atom. The van der Waals surface area contributed by atoms with Gasteiger partial charge in [-0.25, -0.2) is 4.39 Å². The molecule has 0 atom stereocenters. The van der Waals surface area contributed by atoms with Gasteiger partial charge in [0.2, 0.25) is 0 Å². The molecule has 1 amide bonds.